The van der Waals surface area contributed by atoms with Crippen LogP contribution in [0.4, 0.5) is 17.2 Å². The van der Waals surface area contributed by atoms with Crippen LogP contribution in [0.2, 0.25) is 0 Å². The zero-order valence-corrected chi connectivity index (χ0v) is 15.7. The van der Waals surface area contributed by atoms with Gasteiger partial charge in [0.15, 0.2) is 0 Å². The fourth-order valence-electron chi connectivity index (χ4n) is 2.39. The average Bonchev–Trinajstić information content (AvgIpc) is 2.70. The largest absolute Gasteiger partial charge is 0.497 e. The molecule has 0 radical (unpaired) electrons. The van der Waals surface area contributed by atoms with Gasteiger partial charge in [-0.05, 0) is 36.4 Å². The van der Waals surface area contributed by atoms with Gasteiger partial charge in [0.1, 0.15) is 17.3 Å². The molecule has 0 aliphatic rings. The van der Waals surface area contributed by atoms with Crippen molar-refractivity contribution in [3.63, 3.8) is 0 Å². The molecule has 140 valence electrons. The summed E-state index contributed by atoms with van der Waals surface area (Å²) in [7, 11) is -0.514. The van der Waals surface area contributed by atoms with E-state index in [2.05, 4.69) is 15.0 Å². The topological polar surface area (TPSA) is 89.5 Å². The summed E-state index contributed by atoms with van der Waals surface area (Å²) in [5.41, 5.74) is 1.38. The molecule has 0 amide bonds. The number of rotatable bonds is 7. The molecule has 8 heteroatoms. The zero-order chi connectivity index (χ0) is 19.3. The van der Waals surface area contributed by atoms with Crippen LogP contribution in [0.3, 0.4) is 0 Å². The molecule has 0 atom stereocenters. The maximum Gasteiger partial charge on any atom is 0.263 e. The molecule has 0 fully saturated rings. The summed E-state index contributed by atoms with van der Waals surface area (Å²) in [4.78, 5) is 4.33. The Labute approximate surface area is 158 Å². The maximum absolute atomic E-state index is 12.3. The zero-order valence-electron chi connectivity index (χ0n) is 14.8. The number of anilines is 3. The molecule has 0 aliphatic carbocycles. The van der Waals surface area contributed by atoms with Gasteiger partial charge in [-0.25, -0.2) is 13.4 Å². The van der Waals surface area contributed by atoms with Crippen LogP contribution in [0.25, 0.3) is 0 Å². The van der Waals surface area contributed by atoms with Crippen molar-refractivity contribution in [1.82, 2.24) is 4.98 Å². The van der Waals surface area contributed by atoms with Gasteiger partial charge in [-0.15, -0.1) is 0 Å². The van der Waals surface area contributed by atoms with E-state index in [0.29, 0.717) is 22.9 Å². The van der Waals surface area contributed by atoms with Crippen LogP contribution in [0, 0.1) is 0 Å². The lowest BCUT2D eigenvalue weighted by molar-refractivity contribution is 0.405. The molecule has 0 spiro atoms. The van der Waals surface area contributed by atoms with Crippen LogP contribution in [-0.4, -0.2) is 27.6 Å². The van der Waals surface area contributed by atoms with E-state index in [0.717, 1.165) is 0 Å². The fourth-order valence-corrected chi connectivity index (χ4v) is 3.42. The van der Waals surface area contributed by atoms with Crippen LogP contribution in [0.5, 0.6) is 11.5 Å². The lowest BCUT2D eigenvalue weighted by Crippen LogP contribution is -2.13. The molecule has 7 nitrogen and oxygen atoms in total. The molecule has 1 aromatic heterocycles. The van der Waals surface area contributed by atoms with Crippen molar-refractivity contribution in [2.45, 2.75) is 4.90 Å². The van der Waals surface area contributed by atoms with Crippen molar-refractivity contribution in [3.05, 3.63) is 66.9 Å². The van der Waals surface area contributed by atoms with Crippen LogP contribution in [-0.2, 0) is 10.0 Å². The molecule has 0 bridgehead atoms. The molecular formula is C19H19N3O4S. The van der Waals surface area contributed by atoms with Crippen LogP contribution < -0.4 is 19.5 Å². The van der Waals surface area contributed by atoms with Crippen molar-refractivity contribution < 1.29 is 17.9 Å². The molecule has 1 heterocycles. The van der Waals surface area contributed by atoms with Crippen molar-refractivity contribution >= 4 is 27.2 Å². The Kier molecular flexibility index (Phi) is 5.46. The van der Waals surface area contributed by atoms with Gasteiger partial charge in [0, 0.05) is 6.07 Å². The Morgan fingerprint density at radius 1 is 0.926 bits per heavy atom. The van der Waals surface area contributed by atoms with Crippen molar-refractivity contribution in [1.29, 1.82) is 0 Å². The van der Waals surface area contributed by atoms with E-state index < -0.39 is 10.0 Å². The predicted octanol–water partition coefficient (Wildman–Crippen LogP) is 3.64. The summed E-state index contributed by atoms with van der Waals surface area (Å²) in [5, 5.41) is 3.18. The van der Waals surface area contributed by atoms with Gasteiger partial charge >= 0.3 is 0 Å². The normalized spacial score (nSPS) is 10.9. The van der Waals surface area contributed by atoms with Gasteiger partial charge in [0.2, 0.25) is 0 Å². The van der Waals surface area contributed by atoms with E-state index in [1.807, 2.05) is 0 Å². The average molecular weight is 385 g/mol. The van der Waals surface area contributed by atoms with Gasteiger partial charge < -0.3 is 14.8 Å². The van der Waals surface area contributed by atoms with E-state index in [9.17, 15) is 8.42 Å². The Morgan fingerprint density at radius 3 is 2.33 bits per heavy atom. The second kappa shape index (κ2) is 7.96. The van der Waals surface area contributed by atoms with Gasteiger partial charge in [-0.2, -0.15) is 0 Å². The minimum Gasteiger partial charge on any atom is -0.497 e. The van der Waals surface area contributed by atoms with Crippen molar-refractivity contribution in [2.24, 2.45) is 0 Å². The molecule has 3 aromatic rings. The first kappa shape index (κ1) is 18.5. The van der Waals surface area contributed by atoms with Gasteiger partial charge in [-0.3, -0.25) is 4.72 Å². The number of sulfonamides is 1. The Hall–Kier alpha value is -3.26. The van der Waals surface area contributed by atoms with Gasteiger partial charge in [-0.1, -0.05) is 18.2 Å². The first-order valence-corrected chi connectivity index (χ1v) is 9.53. The number of benzene rings is 2. The van der Waals surface area contributed by atoms with E-state index in [1.165, 1.54) is 18.3 Å². The number of hydrogen-bond donors (Lipinski definition) is 2. The van der Waals surface area contributed by atoms with Crippen molar-refractivity contribution in [3.8, 4) is 11.5 Å². The van der Waals surface area contributed by atoms with Crippen molar-refractivity contribution in [2.75, 3.05) is 24.3 Å². The molecule has 0 saturated heterocycles. The number of nitrogens with zero attached hydrogens (tertiary/aromatic N) is 1. The first-order valence-electron chi connectivity index (χ1n) is 8.05. The minimum absolute atomic E-state index is 0.176. The highest BCUT2D eigenvalue weighted by Gasteiger charge is 2.14. The summed E-state index contributed by atoms with van der Waals surface area (Å²) >= 11 is 0. The quantitative estimate of drug-likeness (QED) is 0.645. The number of nitrogens with one attached hydrogen (secondary N) is 2. The highest BCUT2D eigenvalue weighted by molar-refractivity contribution is 7.92. The SMILES string of the molecule is COc1ccc(OC)c(Nc2ccc(NS(=O)(=O)c3ccccc3)nc2)c1. The lowest BCUT2D eigenvalue weighted by Gasteiger charge is -2.13. The number of hydrogen-bond acceptors (Lipinski definition) is 6. The molecule has 3 rings (SSSR count). The molecule has 2 aromatic carbocycles. The smallest absolute Gasteiger partial charge is 0.263 e. The number of pyridine rings is 1. The third-order valence-electron chi connectivity index (χ3n) is 3.74. The number of ether oxygens (including phenoxy) is 2. The van der Waals surface area contributed by atoms with E-state index in [-0.39, 0.29) is 10.7 Å². The van der Waals surface area contributed by atoms with Crippen LogP contribution in [0.15, 0.2) is 71.8 Å². The van der Waals surface area contributed by atoms with E-state index in [1.54, 1.807) is 62.8 Å². The summed E-state index contributed by atoms with van der Waals surface area (Å²) in [6.07, 6.45) is 1.53. The Bertz CT molecular complexity index is 1010. The highest BCUT2D eigenvalue weighted by Crippen LogP contribution is 2.31. The second-order valence-corrected chi connectivity index (χ2v) is 7.22. The summed E-state index contributed by atoms with van der Waals surface area (Å²) in [6, 6.07) is 16.8. The Balaban J connectivity index is 1.76. The third-order valence-corrected chi connectivity index (χ3v) is 5.11. The minimum atomic E-state index is -3.67. The molecule has 0 aliphatic heterocycles. The fraction of sp³-hybridized carbons (Fsp3) is 0.105. The highest BCUT2D eigenvalue weighted by atomic mass is 32.2. The molecule has 0 unspecified atom stereocenters. The maximum atomic E-state index is 12.3. The molecule has 27 heavy (non-hydrogen) atoms. The van der Waals surface area contributed by atoms with Crippen LogP contribution >= 0.6 is 0 Å². The molecule has 2 N–H and O–H groups in total. The summed E-state index contributed by atoms with van der Waals surface area (Å²) in [6.45, 7) is 0. The first-order chi connectivity index (χ1) is 13.0. The standard InChI is InChI=1S/C19H19N3O4S/c1-25-15-9-10-18(26-2)17(12-15)21-14-8-11-19(20-13-14)22-27(23,24)16-6-4-3-5-7-16/h3-13,21H,1-2H3,(H,20,22). The van der Waals surface area contributed by atoms with Crippen LogP contribution in [0.1, 0.15) is 0 Å². The molecular weight excluding hydrogens is 366 g/mol. The molecule has 0 saturated carbocycles. The third kappa shape index (κ3) is 4.48. The lowest BCUT2D eigenvalue weighted by atomic mass is 10.2. The predicted molar refractivity (Wildman–Crippen MR) is 104 cm³/mol. The monoisotopic (exact) mass is 385 g/mol. The summed E-state index contributed by atoms with van der Waals surface area (Å²) in [5.74, 6) is 1.55. The second-order valence-electron chi connectivity index (χ2n) is 5.54. The summed E-state index contributed by atoms with van der Waals surface area (Å²) < 4.78 is 37.7. The van der Waals surface area contributed by atoms with Gasteiger partial charge in [0.25, 0.3) is 10.0 Å². The Morgan fingerprint density at radius 2 is 1.70 bits per heavy atom. The van der Waals surface area contributed by atoms with E-state index >= 15 is 0 Å². The number of aromatic nitrogens is 1. The number of methoxy groups -OCH3 is 2. The van der Waals surface area contributed by atoms with Gasteiger partial charge in [0.05, 0.1) is 36.7 Å². The van der Waals surface area contributed by atoms with E-state index in [4.69, 9.17) is 9.47 Å².